The molecule has 0 saturated heterocycles. The molecule has 36 heavy (non-hydrogen) atoms. The van der Waals surface area contributed by atoms with Gasteiger partial charge in [0.05, 0.1) is 32.0 Å². The molecule has 182 valence electrons. The van der Waals surface area contributed by atoms with Crippen molar-refractivity contribution >= 4 is 11.6 Å². The van der Waals surface area contributed by atoms with Crippen LogP contribution in [-0.2, 0) is 6.54 Å². The Bertz CT molecular complexity index is 1410. The van der Waals surface area contributed by atoms with Gasteiger partial charge < -0.3 is 19.7 Å². The van der Waals surface area contributed by atoms with E-state index in [-0.39, 0.29) is 18.1 Å². The molecule has 0 bridgehead atoms. The number of aromatic nitrogens is 2. The molecule has 1 aliphatic heterocycles. The lowest BCUT2D eigenvalue weighted by molar-refractivity contribution is 0.0667. The highest BCUT2D eigenvalue weighted by Gasteiger charge is 2.43. The van der Waals surface area contributed by atoms with E-state index in [0.717, 1.165) is 40.9 Å². The number of ether oxygens (including phenoxy) is 2. The number of methoxy groups -OCH3 is 2. The van der Waals surface area contributed by atoms with Crippen LogP contribution in [0.4, 0.5) is 5.69 Å². The summed E-state index contributed by atoms with van der Waals surface area (Å²) in [6.45, 7) is 0.627. The first kappa shape index (κ1) is 22.2. The Morgan fingerprint density at radius 3 is 2.44 bits per heavy atom. The molecule has 1 atom stereocenters. The van der Waals surface area contributed by atoms with Crippen LogP contribution in [0.25, 0.3) is 11.3 Å². The number of benzene rings is 3. The molecule has 7 nitrogen and oxygen atoms in total. The zero-order valence-corrected chi connectivity index (χ0v) is 20.3. The van der Waals surface area contributed by atoms with Gasteiger partial charge in [0.1, 0.15) is 6.17 Å². The van der Waals surface area contributed by atoms with Crippen molar-refractivity contribution in [1.29, 1.82) is 0 Å². The summed E-state index contributed by atoms with van der Waals surface area (Å²) < 4.78 is 13.0. The predicted molar refractivity (Wildman–Crippen MR) is 138 cm³/mol. The Morgan fingerprint density at radius 1 is 0.944 bits per heavy atom. The van der Waals surface area contributed by atoms with E-state index in [1.165, 1.54) is 0 Å². The summed E-state index contributed by atoms with van der Waals surface area (Å²) >= 11 is 0. The van der Waals surface area contributed by atoms with Crippen molar-refractivity contribution in [2.24, 2.45) is 0 Å². The number of hydrogen-bond donors (Lipinski definition) is 1. The number of anilines is 1. The van der Waals surface area contributed by atoms with Crippen LogP contribution in [0.2, 0.25) is 0 Å². The molecule has 0 radical (unpaired) electrons. The number of fused-ring (bicyclic) bond motifs is 1. The minimum atomic E-state index is -0.326. The summed E-state index contributed by atoms with van der Waals surface area (Å²) in [6.07, 6.45) is 3.76. The van der Waals surface area contributed by atoms with Gasteiger partial charge in [0.2, 0.25) is 0 Å². The number of carbonyl (C=O) groups excluding carboxylic acids is 1. The van der Waals surface area contributed by atoms with E-state index < -0.39 is 0 Å². The van der Waals surface area contributed by atoms with E-state index in [4.69, 9.17) is 14.6 Å². The molecule has 1 aliphatic carbocycles. The molecule has 1 amide bonds. The fourth-order valence-corrected chi connectivity index (χ4v) is 4.92. The second kappa shape index (κ2) is 9.07. The average molecular weight is 481 g/mol. The Kier molecular flexibility index (Phi) is 5.60. The number of amides is 1. The SMILES string of the molecule is COc1ccc(-c2nn(Cc3ccccc3)cc2C2Nc3ccccc3C(=O)N2C2CC2)cc1OC. The molecule has 4 aromatic rings. The Balaban J connectivity index is 1.48. The van der Waals surface area contributed by atoms with Crippen molar-refractivity contribution in [1.82, 2.24) is 14.7 Å². The third-order valence-electron chi connectivity index (χ3n) is 6.83. The van der Waals surface area contributed by atoms with Crippen LogP contribution in [0.1, 0.15) is 40.5 Å². The first-order chi connectivity index (χ1) is 17.7. The van der Waals surface area contributed by atoms with E-state index in [9.17, 15) is 4.79 Å². The molecule has 7 heteroatoms. The minimum absolute atomic E-state index is 0.0610. The number of para-hydroxylation sites is 1. The second-order valence-corrected chi connectivity index (χ2v) is 9.22. The van der Waals surface area contributed by atoms with Gasteiger partial charge in [0, 0.05) is 29.1 Å². The lowest BCUT2D eigenvalue weighted by atomic mass is 10.0. The summed E-state index contributed by atoms with van der Waals surface area (Å²) in [6, 6.07) is 24.0. The molecular weight excluding hydrogens is 452 g/mol. The Labute approximate surface area is 210 Å². The molecule has 2 heterocycles. The van der Waals surface area contributed by atoms with Crippen LogP contribution < -0.4 is 14.8 Å². The van der Waals surface area contributed by atoms with Gasteiger partial charge in [-0.2, -0.15) is 5.10 Å². The van der Waals surface area contributed by atoms with Crippen LogP contribution in [0.15, 0.2) is 79.0 Å². The number of rotatable bonds is 7. The number of nitrogens with one attached hydrogen (secondary N) is 1. The largest absolute Gasteiger partial charge is 0.493 e. The molecule has 0 spiro atoms. The number of hydrogen-bond acceptors (Lipinski definition) is 5. The standard InChI is InChI=1S/C29H28N4O3/c1-35-25-15-12-20(16-26(25)36-2)27-23(18-32(31-27)17-19-8-4-3-5-9-19)28-30-24-11-7-6-10-22(24)29(34)33(28)21-13-14-21/h3-12,15-16,18,21,28,30H,13-14,17H2,1-2H3. The molecule has 1 aromatic heterocycles. The quantitative estimate of drug-likeness (QED) is 0.387. The maximum Gasteiger partial charge on any atom is 0.258 e. The van der Waals surface area contributed by atoms with Gasteiger partial charge in [-0.25, -0.2) is 0 Å². The normalized spacial score (nSPS) is 16.9. The summed E-state index contributed by atoms with van der Waals surface area (Å²) in [5.41, 5.74) is 5.37. The van der Waals surface area contributed by atoms with Crippen molar-refractivity contribution in [3.8, 4) is 22.8 Å². The van der Waals surface area contributed by atoms with E-state index in [0.29, 0.717) is 23.6 Å². The zero-order valence-electron chi connectivity index (χ0n) is 20.3. The smallest absolute Gasteiger partial charge is 0.258 e. The van der Waals surface area contributed by atoms with E-state index in [1.54, 1.807) is 14.2 Å². The molecular formula is C29H28N4O3. The van der Waals surface area contributed by atoms with Crippen molar-refractivity contribution in [2.75, 3.05) is 19.5 Å². The summed E-state index contributed by atoms with van der Waals surface area (Å²) in [5, 5.41) is 8.67. The minimum Gasteiger partial charge on any atom is -0.493 e. The molecule has 1 saturated carbocycles. The van der Waals surface area contributed by atoms with Crippen molar-refractivity contribution in [3.05, 3.63) is 95.7 Å². The monoisotopic (exact) mass is 480 g/mol. The molecule has 2 aliphatic rings. The van der Waals surface area contributed by atoms with Crippen molar-refractivity contribution in [2.45, 2.75) is 31.6 Å². The summed E-state index contributed by atoms with van der Waals surface area (Å²) in [4.78, 5) is 15.6. The molecule has 1 N–H and O–H groups in total. The fraction of sp³-hybridized carbons (Fsp3) is 0.241. The van der Waals surface area contributed by atoms with E-state index in [2.05, 4.69) is 23.6 Å². The lowest BCUT2D eigenvalue weighted by Gasteiger charge is -2.38. The first-order valence-corrected chi connectivity index (χ1v) is 12.2. The lowest BCUT2D eigenvalue weighted by Crippen LogP contribution is -2.44. The van der Waals surface area contributed by atoms with Gasteiger partial charge in [-0.1, -0.05) is 42.5 Å². The highest BCUT2D eigenvalue weighted by molar-refractivity contribution is 6.02. The highest BCUT2D eigenvalue weighted by Crippen LogP contribution is 2.43. The maximum absolute atomic E-state index is 13.6. The molecule has 1 unspecified atom stereocenters. The third-order valence-corrected chi connectivity index (χ3v) is 6.83. The van der Waals surface area contributed by atoms with Crippen molar-refractivity contribution < 1.29 is 14.3 Å². The average Bonchev–Trinajstić information content (AvgIpc) is 3.67. The van der Waals surface area contributed by atoms with E-state index >= 15 is 0 Å². The van der Waals surface area contributed by atoms with Gasteiger partial charge in [-0.05, 0) is 48.7 Å². The van der Waals surface area contributed by atoms with Crippen LogP contribution in [0, 0.1) is 0 Å². The van der Waals surface area contributed by atoms with Crippen LogP contribution in [-0.4, -0.2) is 40.8 Å². The van der Waals surface area contributed by atoms with Crippen LogP contribution in [0.3, 0.4) is 0 Å². The molecule has 1 fully saturated rings. The molecule has 6 rings (SSSR count). The highest BCUT2D eigenvalue weighted by atomic mass is 16.5. The van der Waals surface area contributed by atoms with Gasteiger partial charge in [0.25, 0.3) is 5.91 Å². The Morgan fingerprint density at radius 2 is 1.69 bits per heavy atom. The van der Waals surface area contributed by atoms with Gasteiger partial charge in [0.15, 0.2) is 11.5 Å². The van der Waals surface area contributed by atoms with Gasteiger partial charge in [-0.3, -0.25) is 9.48 Å². The zero-order chi connectivity index (χ0) is 24.6. The summed E-state index contributed by atoms with van der Waals surface area (Å²) in [7, 11) is 3.25. The van der Waals surface area contributed by atoms with Crippen LogP contribution >= 0.6 is 0 Å². The number of nitrogens with zero attached hydrogens (tertiary/aromatic N) is 3. The number of carbonyl (C=O) groups is 1. The van der Waals surface area contributed by atoms with E-state index in [1.807, 2.05) is 70.2 Å². The van der Waals surface area contributed by atoms with Gasteiger partial charge >= 0.3 is 0 Å². The van der Waals surface area contributed by atoms with Crippen molar-refractivity contribution in [3.63, 3.8) is 0 Å². The topological polar surface area (TPSA) is 68.6 Å². The first-order valence-electron chi connectivity index (χ1n) is 12.2. The fourth-order valence-electron chi connectivity index (χ4n) is 4.92. The second-order valence-electron chi connectivity index (χ2n) is 9.22. The predicted octanol–water partition coefficient (Wildman–Crippen LogP) is 5.34. The maximum atomic E-state index is 13.6. The molecule has 3 aromatic carbocycles. The third kappa shape index (κ3) is 3.96. The summed E-state index contributed by atoms with van der Waals surface area (Å²) in [5.74, 6) is 1.35. The van der Waals surface area contributed by atoms with Gasteiger partial charge in [-0.15, -0.1) is 0 Å². The van der Waals surface area contributed by atoms with Crippen LogP contribution in [0.5, 0.6) is 11.5 Å². The Hall–Kier alpha value is -4.26.